The van der Waals surface area contributed by atoms with E-state index < -0.39 is 11.9 Å². The summed E-state index contributed by atoms with van der Waals surface area (Å²) in [6, 6.07) is 0. The molecule has 1 saturated heterocycles. The zero-order chi connectivity index (χ0) is 14.2. The van der Waals surface area contributed by atoms with E-state index in [-0.39, 0.29) is 13.1 Å². The molecule has 0 amide bonds. The van der Waals surface area contributed by atoms with E-state index in [4.69, 9.17) is 10.2 Å². The standard InChI is InChI=1S/C7H16N2.C4H7NO4/c1-7(2)6-8-4-5-9(7)3;6-3(7)1-5-2-4(8)9/h8H,4-6H2,1-3H3;5H,1-2H2,(H,6,7)(H,8,9). The van der Waals surface area contributed by atoms with Gasteiger partial charge in [-0.3, -0.25) is 19.8 Å². The van der Waals surface area contributed by atoms with Gasteiger partial charge in [0.25, 0.3) is 0 Å². The fourth-order valence-corrected chi connectivity index (χ4v) is 1.36. The zero-order valence-electron chi connectivity index (χ0n) is 11.2. The molecule has 0 atom stereocenters. The predicted molar refractivity (Wildman–Crippen MR) is 67.7 cm³/mol. The first-order valence-electron chi connectivity index (χ1n) is 5.82. The summed E-state index contributed by atoms with van der Waals surface area (Å²) in [5.74, 6) is -2.12. The second kappa shape index (κ2) is 8.02. The van der Waals surface area contributed by atoms with Gasteiger partial charge in [-0.25, -0.2) is 0 Å². The van der Waals surface area contributed by atoms with Crippen molar-refractivity contribution in [1.82, 2.24) is 15.5 Å². The van der Waals surface area contributed by atoms with Crippen LogP contribution in [0.1, 0.15) is 13.8 Å². The Bertz CT molecular complexity index is 267. The molecule has 0 aromatic carbocycles. The summed E-state index contributed by atoms with van der Waals surface area (Å²) < 4.78 is 0. The molecule has 106 valence electrons. The second-order valence-electron chi connectivity index (χ2n) is 4.80. The minimum absolute atomic E-state index is 0.313. The molecule has 1 fully saturated rings. The molecule has 1 heterocycles. The first-order valence-corrected chi connectivity index (χ1v) is 5.82. The molecule has 0 saturated carbocycles. The molecule has 4 N–H and O–H groups in total. The molecule has 1 aliphatic heterocycles. The molecule has 0 aliphatic carbocycles. The van der Waals surface area contributed by atoms with Gasteiger partial charge in [0.05, 0.1) is 13.1 Å². The highest BCUT2D eigenvalue weighted by molar-refractivity contribution is 5.72. The maximum absolute atomic E-state index is 9.73. The van der Waals surface area contributed by atoms with E-state index >= 15 is 0 Å². The van der Waals surface area contributed by atoms with E-state index in [2.05, 4.69) is 36.4 Å². The number of likely N-dealkylation sites (N-methyl/N-ethyl adjacent to an activating group) is 1. The van der Waals surface area contributed by atoms with E-state index in [0.717, 1.165) is 13.1 Å². The Morgan fingerprint density at radius 3 is 2.06 bits per heavy atom. The van der Waals surface area contributed by atoms with Crippen molar-refractivity contribution in [3.63, 3.8) is 0 Å². The van der Waals surface area contributed by atoms with Crippen molar-refractivity contribution in [3.8, 4) is 0 Å². The van der Waals surface area contributed by atoms with Gasteiger partial charge in [-0.05, 0) is 20.9 Å². The lowest BCUT2D eigenvalue weighted by Crippen LogP contribution is -2.55. The van der Waals surface area contributed by atoms with Crippen LogP contribution >= 0.6 is 0 Å². The molecular weight excluding hydrogens is 238 g/mol. The van der Waals surface area contributed by atoms with Crippen LogP contribution in [-0.4, -0.2) is 72.4 Å². The average molecular weight is 261 g/mol. The Kier molecular flexibility index (Phi) is 7.49. The monoisotopic (exact) mass is 261 g/mol. The highest BCUT2D eigenvalue weighted by atomic mass is 16.4. The number of piperazine rings is 1. The first-order chi connectivity index (χ1) is 8.25. The number of nitrogens with one attached hydrogen (secondary N) is 2. The third-order valence-electron chi connectivity index (χ3n) is 2.77. The van der Waals surface area contributed by atoms with Gasteiger partial charge in [0.15, 0.2) is 0 Å². The van der Waals surface area contributed by atoms with Gasteiger partial charge in [0.1, 0.15) is 0 Å². The first kappa shape index (κ1) is 16.8. The Morgan fingerprint density at radius 1 is 1.28 bits per heavy atom. The Morgan fingerprint density at radius 2 is 1.78 bits per heavy atom. The quantitative estimate of drug-likeness (QED) is 0.517. The number of carbonyl (C=O) groups is 2. The van der Waals surface area contributed by atoms with Crippen LogP contribution in [0.15, 0.2) is 0 Å². The molecule has 7 nitrogen and oxygen atoms in total. The van der Waals surface area contributed by atoms with Crippen LogP contribution in [0, 0.1) is 0 Å². The lowest BCUT2D eigenvalue weighted by molar-refractivity contribution is -0.137. The SMILES string of the molecule is CN1CCNCC1(C)C.O=C(O)CNCC(=O)O. The Balaban J connectivity index is 0.000000321. The lowest BCUT2D eigenvalue weighted by Gasteiger charge is -2.40. The topological polar surface area (TPSA) is 102 Å². The summed E-state index contributed by atoms with van der Waals surface area (Å²) >= 11 is 0. The van der Waals surface area contributed by atoms with Crippen LogP contribution in [0.2, 0.25) is 0 Å². The molecule has 0 aromatic heterocycles. The molecule has 1 aliphatic rings. The molecule has 18 heavy (non-hydrogen) atoms. The number of hydrogen-bond donors (Lipinski definition) is 4. The Hall–Kier alpha value is -1.18. The summed E-state index contributed by atoms with van der Waals surface area (Å²) in [6.07, 6.45) is 0. The predicted octanol–water partition coefficient (Wildman–Crippen LogP) is -0.955. The molecule has 0 aromatic rings. The largest absolute Gasteiger partial charge is 0.480 e. The fourth-order valence-electron chi connectivity index (χ4n) is 1.36. The van der Waals surface area contributed by atoms with E-state index in [1.165, 1.54) is 6.54 Å². The van der Waals surface area contributed by atoms with Gasteiger partial charge in [0, 0.05) is 25.2 Å². The van der Waals surface area contributed by atoms with E-state index in [0.29, 0.717) is 5.54 Å². The van der Waals surface area contributed by atoms with Gasteiger partial charge in [-0.1, -0.05) is 0 Å². The second-order valence-corrected chi connectivity index (χ2v) is 4.80. The van der Waals surface area contributed by atoms with Crippen molar-refractivity contribution in [2.24, 2.45) is 0 Å². The van der Waals surface area contributed by atoms with Crippen LogP contribution in [-0.2, 0) is 9.59 Å². The van der Waals surface area contributed by atoms with Gasteiger partial charge < -0.3 is 15.5 Å². The van der Waals surface area contributed by atoms with Gasteiger partial charge in [0.2, 0.25) is 0 Å². The van der Waals surface area contributed by atoms with Crippen molar-refractivity contribution in [2.75, 3.05) is 39.8 Å². The van der Waals surface area contributed by atoms with Crippen molar-refractivity contribution in [2.45, 2.75) is 19.4 Å². The summed E-state index contributed by atoms with van der Waals surface area (Å²) in [4.78, 5) is 21.8. The molecular formula is C11H23N3O4. The molecule has 0 radical (unpaired) electrons. The third-order valence-corrected chi connectivity index (χ3v) is 2.77. The zero-order valence-corrected chi connectivity index (χ0v) is 11.2. The van der Waals surface area contributed by atoms with Crippen molar-refractivity contribution < 1.29 is 19.8 Å². The lowest BCUT2D eigenvalue weighted by atomic mass is 10.0. The van der Waals surface area contributed by atoms with Gasteiger partial charge in [-0.2, -0.15) is 0 Å². The van der Waals surface area contributed by atoms with Crippen LogP contribution in [0.3, 0.4) is 0 Å². The fraction of sp³-hybridized carbons (Fsp3) is 0.818. The highest BCUT2D eigenvalue weighted by Gasteiger charge is 2.25. The van der Waals surface area contributed by atoms with Crippen LogP contribution in [0.5, 0.6) is 0 Å². The van der Waals surface area contributed by atoms with Crippen LogP contribution in [0.4, 0.5) is 0 Å². The highest BCUT2D eigenvalue weighted by Crippen LogP contribution is 2.12. The molecule has 0 unspecified atom stereocenters. The van der Waals surface area contributed by atoms with Gasteiger partial charge in [-0.15, -0.1) is 0 Å². The number of nitrogens with zero attached hydrogens (tertiary/aromatic N) is 1. The maximum Gasteiger partial charge on any atom is 0.317 e. The summed E-state index contributed by atoms with van der Waals surface area (Å²) in [5.41, 5.74) is 0.359. The molecule has 0 bridgehead atoms. The number of carboxylic acids is 2. The van der Waals surface area contributed by atoms with Crippen LogP contribution in [0.25, 0.3) is 0 Å². The molecule has 1 rings (SSSR count). The van der Waals surface area contributed by atoms with Crippen molar-refractivity contribution in [1.29, 1.82) is 0 Å². The van der Waals surface area contributed by atoms with Crippen molar-refractivity contribution in [3.05, 3.63) is 0 Å². The maximum atomic E-state index is 9.73. The van der Waals surface area contributed by atoms with Crippen molar-refractivity contribution >= 4 is 11.9 Å². The van der Waals surface area contributed by atoms with Gasteiger partial charge >= 0.3 is 11.9 Å². The van der Waals surface area contributed by atoms with E-state index in [9.17, 15) is 9.59 Å². The number of hydrogen-bond acceptors (Lipinski definition) is 5. The summed E-state index contributed by atoms with van der Waals surface area (Å²) in [5, 5.41) is 21.5. The Labute approximate surface area is 107 Å². The number of carboxylic acid groups (broad SMARTS) is 2. The van der Waals surface area contributed by atoms with E-state index in [1.54, 1.807) is 0 Å². The number of rotatable bonds is 4. The normalized spacial score (nSPS) is 18.6. The third kappa shape index (κ3) is 7.99. The van der Waals surface area contributed by atoms with Crippen LogP contribution < -0.4 is 10.6 Å². The van der Waals surface area contributed by atoms with E-state index in [1.807, 2.05) is 0 Å². The number of aliphatic carboxylic acids is 2. The average Bonchev–Trinajstić information content (AvgIpc) is 2.22. The minimum Gasteiger partial charge on any atom is -0.480 e. The minimum atomic E-state index is -1.06. The summed E-state index contributed by atoms with van der Waals surface area (Å²) in [6.45, 7) is 7.33. The molecule has 7 heteroatoms. The molecule has 0 spiro atoms. The summed E-state index contributed by atoms with van der Waals surface area (Å²) in [7, 11) is 2.18. The smallest absolute Gasteiger partial charge is 0.317 e.